The van der Waals surface area contributed by atoms with E-state index >= 15 is 0 Å². The molecule has 0 radical (unpaired) electrons. The van der Waals surface area contributed by atoms with E-state index in [1.54, 1.807) is 42.5 Å². The molecule has 0 saturated carbocycles. The van der Waals surface area contributed by atoms with Crippen LogP contribution in [0.5, 0.6) is 5.75 Å². The number of hydrogen-bond acceptors (Lipinski definition) is 2. The summed E-state index contributed by atoms with van der Waals surface area (Å²) < 4.78 is 33.0. The number of hydrogen-bond donors (Lipinski definition) is 1. The molecule has 2 rings (SSSR count). The topological polar surface area (TPSA) is 35.2 Å². The van der Waals surface area contributed by atoms with Gasteiger partial charge in [0.15, 0.2) is 6.61 Å². The molecule has 0 aliphatic heterocycles. The molecule has 0 amide bonds. The molecule has 21 heavy (non-hydrogen) atoms. The predicted molar refractivity (Wildman–Crippen MR) is 78.2 cm³/mol. The molecule has 0 bridgehead atoms. The van der Waals surface area contributed by atoms with Gasteiger partial charge in [0.25, 0.3) is 0 Å². The minimum atomic E-state index is -3.03. The molecule has 2 N–H and O–H groups in total. The molecule has 2 nitrogen and oxygen atoms in total. The van der Waals surface area contributed by atoms with Gasteiger partial charge in [-0.15, -0.1) is 0 Å². The summed E-state index contributed by atoms with van der Waals surface area (Å²) in [7, 11) is 0. The molecule has 2 aromatic carbocycles. The zero-order valence-electron chi connectivity index (χ0n) is 11.4. The first-order valence-electron chi connectivity index (χ1n) is 6.47. The fourth-order valence-corrected chi connectivity index (χ4v) is 1.73. The standard InChI is InChI=1S/C17H15F2NO/c18-17(19,15-6-2-1-3-7-15)13-21-16-10-8-14(9-11-16)5-4-12-20/h1-3,6-11H,12-13,20H2. The van der Waals surface area contributed by atoms with Gasteiger partial charge in [0.05, 0.1) is 6.54 Å². The van der Waals surface area contributed by atoms with Gasteiger partial charge in [-0.1, -0.05) is 42.2 Å². The summed E-state index contributed by atoms with van der Waals surface area (Å²) in [6.07, 6.45) is 0. The lowest BCUT2D eigenvalue weighted by Crippen LogP contribution is -2.23. The monoisotopic (exact) mass is 287 g/mol. The first-order valence-corrected chi connectivity index (χ1v) is 6.47. The highest BCUT2D eigenvalue weighted by Crippen LogP contribution is 2.28. The maximum absolute atomic E-state index is 13.9. The molecule has 0 heterocycles. The maximum Gasteiger partial charge on any atom is 0.306 e. The summed E-state index contributed by atoms with van der Waals surface area (Å²) in [6, 6.07) is 14.3. The highest BCUT2D eigenvalue weighted by atomic mass is 19.3. The van der Waals surface area contributed by atoms with Crippen LogP contribution in [0.3, 0.4) is 0 Å². The van der Waals surface area contributed by atoms with Crippen molar-refractivity contribution >= 4 is 0 Å². The Morgan fingerprint density at radius 2 is 1.67 bits per heavy atom. The van der Waals surface area contributed by atoms with E-state index in [-0.39, 0.29) is 12.1 Å². The van der Waals surface area contributed by atoms with Crippen LogP contribution in [0.1, 0.15) is 11.1 Å². The van der Waals surface area contributed by atoms with Crippen LogP contribution in [0.15, 0.2) is 54.6 Å². The summed E-state index contributed by atoms with van der Waals surface area (Å²) in [5.41, 5.74) is 5.98. The number of benzene rings is 2. The highest BCUT2D eigenvalue weighted by molar-refractivity contribution is 5.38. The van der Waals surface area contributed by atoms with Crippen LogP contribution in [0.2, 0.25) is 0 Å². The second-order valence-electron chi connectivity index (χ2n) is 4.39. The van der Waals surface area contributed by atoms with E-state index in [0.29, 0.717) is 5.75 Å². The minimum absolute atomic E-state index is 0.0598. The van der Waals surface area contributed by atoms with Crippen LogP contribution in [-0.4, -0.2) is 13.2 Å². The molecule has 4 heteroatoms. The first-order chi connectivity index (χ1) is 10.1. The van der Waals surface area contributed by atoms with Crippen LogP contribution in [-0.2, 0) is 5.92 Å². The first kappa shape index (κ1) is 15.0. The number of nitrogens with two attached hydrogens (primary N) is 1. The van der Waals surface area contributed by atoms with E-state index in [0.717, 1.165) is 5.56 Å². The average molecular weight is 287 g/mol. The second-order valence-corrected chi connectivity index (χ2v) is 4.39. The minimum Gasteiger partial charge on any atom is -0.487 e. The Hall–Kier alpha value is -2.38. The molecule has 0 unspecified atom stereocenters. The zero-order valence-corrected chi connectivity index (χ0v) is 11.4. The van der Waals surface area contributed by atoms with Crippen molar-refractivity contribution in [3.05, 3.63) is 65.7 Å². The summed E-state index contributed by atoms with van der Waals surface area (Å²) in [4.78, 5) is 0. The van der Waals surface area contributed by atoms with Gasteiger partial charge in [0, 0.05) is 11.1 Å². The van der Waals surface area contributed by atoms with Crippen molar-refractivity contribution < 1.29 is 13.5 Å². The van der Waals surface area contributed by atoms with Crippen LogP contribution in [0.4, 0.5) is 8.78 Å². The molecule has 0 spiro atoms. The van der Waals surface area contributed by atoms with Crippen LogP contribution in [0, 0.1) is 11.8 Å². The molecule has 0 atom stereocenters. The van der Waals surface area contributed by atoms with E-state index in [9.17, 15) is 8.78 Å². The van der Waals surface area contributed by atoms with Crippen LogP contribution >= 0.6 is 0 Å². The predicted octanol–water partition coefficient (Wildman–Crippen LogP) is 3.17. The lowest BCUT2D eigenvalue weighted by atomic mass is 10.1. The van der Waals surface area contributed by atoms with Gasteiger partial charge >= 0.3 is 5.92 Å². The molecule has 0 aliphatic carbocycles. The third kappa shape index (κ3) is 4.30. The number of alkyl halides is 2. The lowest BCUT2D eigenvalue weighted by Gasteiger charge is -2.17. The average Bonchev–Trinajstić information content (AvgIpc) is 2.53. The Balaban J connectivity index is 1.99. The fraction of sp³-hybridized carbons (Fsp3) is 0.176. The van der Waals surface area contributed by atoms with Crippen molar-refractivity contribution in [1.82, 2.24) is 0 Å². The summed E-state index contributed by atoms with van der Waals surface area (Å²) in [6.45, 7) is -0.424. The number of halogens is 2. The Bertz CT molecular complexity index is 627. The number of rotatable bonds is 4. The lowest BCUT2D eigenvalue weighted by molar-refractivity contribution is -0.0467. The Morgan fingerprint density at radius 3 is 2.29 bits per heavy atom. The second kappa shape index (κ2) is 6.87. The van der Waals surface area contributed by atoms with E-state index in [4.69, 9.17) is 10.5 Å². The van der Waals surface area contributed by atoms with Crippen molar-refractivity contribution in [2.45, 2.75) is 5.92 Å². The van der Waals surface area contributed by atoms with E-state index < -0.39 is 12.5 Å². The quantitative estimate of drug-likeness (QED) is 0.877. The highest BCUT2D eigenvalue weighted by Gasteiger charge is 2.32. The molecule has 2 aromatic rings. The summed E-state index contributed by atoms with van der Waals surface area (Å²) in [5.74, 6) is 2.92. The van der Waals surface area contributed by atoms with E-state index in [1.807, 2.05) is 0 Å². The van der Waals surface area contributed by atoms with Gasteiger partial charge in [-0.3, -0.25) is 0 Å². The Morgan fingerprint density at radius 1 is 1.00 bits per heavy atom. The number of ether oxygens (including phenoxy) is 1. The van der Waals surface area contributed by atoms with Gasteiger partial charge in [-0.05, 0) is 24.3 Å². The van der Waals surface area contributed by atoms with E-state index in [1.165, 1.54) is 12.1 Å². The molecule has 0 saturated heterocycles. The molecule has 108 valence electrons. The normalized spacial score (nSPS) is 10.6. The van der Waals surface area contributed by atoms with Crippen LogP contribution in [0.25, 0.3) is 0 Å². The van der Waals surface area contributed by atoms with Gasteiger partial charge in [-0.25, -0.2) is 0 Å². The molecular weight excluding hydrogens is 272 g/mol. The molecular formula is C17H15F2NO. The van der Waals surface area contributed by atoms with Crippen LogP contribution < -0.4 is 10.5 Å². The summed E-state index contributed by atoms with van der Waals surface area (Å²) in [5, 5.41) is 0. The largest absolute Gasteiger partial charge is 0.487 e. The molecule has 0 fully saturated rings. The Labute approximate surface area is 122 Å². The molecule has 0 aliphatic rings. The fourth-order valence-electron chi connectivity index (χ4n) is 1.73. The smallest absolute Gasteiger partial charge is 0.306 e. The van der Waals surface area contributed by atoms with Gasteiger partial charge in [-0.2, -0.15) is 8.78 Å². The maximum atomic E-state index is 13.9. The van der Waals surface area contributed by atoms with Gasteiger partial charge < -0.3 is 10.5 Å². The van der Waals surface area contributed by atoms with Gasteiger partial charge in [0.1, 0.15) is 5.75 Å². The third-order valence-electron chi connectivity index (χ3n) is 2.81. The van der Waals surface area contributed by atoms with Crippen molar-refractivity contribution in [3.8, 4) is 17.6 Å². The van der Waals surface area contributed by atoms with E-state index in [2.05, 4.69) is 11.8 Å². The van der Waals surface area contributed by atoms with Crippen molar-refractivity contribution in [1.29, 1.82) is 0 Å². The molecule has 0 aromatic heterocycles. The van der Waals surface area contributed by atoms with Crippen molar-refractivity contribution in [2.75, 3.05) is 13.2 Å². The van der Waals surface area contributed by atoms with Crippen molar-refractivity contribution in [3.63, 3.8) is 0 Å². The zero-order chi connectivity index (χ0) is 15.1. The SMILES string of the molecule is NCC#Cc1ccc(OCC(F)(F)c2ccccc2)cc1. The van der Waals surface area contributed by atoms with Crippen molar-refractivity contribution in [2.24, 2.45) is 5.73 Å². The summed E-state index contributed by atoms with van der Waals surface area (Å²) >= 11 is 0. The Kier molecular flexibility index (Phi) is 4.91. The van der Waals surface area contributed by atoms with Gasteiger partial charge in [0.2, 0.25) is 0 Å². The third-order valence-corrected chi connectivity index (χ3v) is 2.81.